The lowest BCUT2D eigenvalue weighted by Crippen LogP contribution is -2.40. The number of rotatable bonds is 6. The zero-order chi connectivity index (χ0) is 19.2. The van der Waals surface area contributed by atoms with Crippen LogP contribution >= 0.6 is 11.3 Å². The molecule has 2 aromatic heterocycles. The van der Waals surface area contributed by atoms with Crippen molar-refractivity contribution in [3.05, 3.63) is 65.3 Å². The molecule has 0 aliphatic carbocycles. The van der Waals surface area contributed by atoms with E-state index in [1.807, 2.05) is 12.1 Å². The van der Waals surface area contributed by atoms with Crippen LogP contribution in [0.4, 0.5) is 10.9 Å². The molecule has 3 heterocycles. The van der Waals surface area contributed by atoms with Crippen LogP contribution in [-0.2, 0) is 6.42 Å². The fraction of sp³-hybridized carbons (Fsp3) is 0.333. The second-order valence-corrected chi connectivity index (χ2v) is 7.80. The van der Waals surface area contributed by atoms with Gasteiger partial charge in [-0.15, -0.1) is 10.2 Å². The lowest BCUT2D eigenvalue weighted by atomic mass is 9.96. The summed E-state index contributed by atoms with van der Waals surface area (Å²) in [5, 5.41) is 10.8. The molecule has 144 valence electrons. The van der Waals surface area contributed by atoms with Gasteiger partial charge >= 0.3 is 0 Å². The molecule has 28 heavy (non-hydrogen) atoms. The molecule has 1 aromatic carbocycles. The van der Waals surface area contributed by atoms with E-state index < -0.39 is 0 Å². The minimum Gasteiger partial charge on any atom is -0.354 e. The van der Waals surface area contributed by atoms with Crippen LogP contribution in [0, 0.1) is 0 Å². The Balaban J connectivity index is 1.41. The van der Waals surface area contributed by atoms with Crippen molar-refractivity contribution in [1.82, 2.24) is 15.2 Å². The number of piperidine rings is 1. The van der Waals surface area contributed by atoms with Crippen LogP contribution in [0.2, 0.25) is 0 Å². The number of nitrogens with one attached hydrogen (secondary N) is 1. The predicted molar refractivity (Wildman–Crippen MR) is 112 cm³/mol. The molecular weight excluding hydrogens is 370 g/mol. The van der Waals surface area contributed by atoms with Crippen molar-refractivity contribution in [3.8, 4) is 0 Å². The van der Waals surface area contributed by atoms with E-state index in [-0.39, 0.29) is 5.91 Å². The van der Waals surface area contributed by atoms with Gasteiger partial charge in [0.05, 0.1) is 5.56 Å². The smallest absolute Gasteiger partial charge is 0.259 e. The Hall–Kier alpha value is -2.80. The fourth-order valence-electron chi connectivity index (χ4n) is 3.67. The Kier molecular flexibility index (Phi) is 5.92. The Morgan fingerprint density at radius 3 is 2.82 bits per heavy atom. The standard InChI is InChI=1S/C21H23N5OS/c27-20(24-21-25-23-15-28-21)17-10-12-19(22-14-17)26-13-5-4-8-18(26)11-9-16-6-2-1-3-7-16/h1-3,6-7,10,12,14-15,18H,4-5,8-9,11,13H2,(H,24,25,27). The van der Waals surface area contributed by atoms with E-state index in [0.29, 0.717) is 16.7 Å². The molecule has 3 aromatic rings. The molecule has 7 heteroatoms. The summed E-state index contributed by atoms with van der Waals surface area (Å²) >= 11 is 1.29. The van der Waals surface area contributed by atoms with Crippen molar-refractivity contribution in [1.29, 1.82) is 0 Å². The molecule has 1 fully saturated rings. The van der Waals surface area contributed by atoms with E-state index >= 15 is 0 Å². The van der Waals surface area contributed by atoms with E-state index in [2.05, 4.69) is 55.7 Å². The molecule has 0 saturated carbocycles. The van der Waals surface area contributed by atoms with Gasteiger partial charge in [-0.3, -0.25) is 10.1 Å². The summed E-state index contributed by atoms with van der Waals surface area (Å²) in [5.41, 5.74) is 3.49. The normalized spacial score (nSPS) is 16.7. The molecular formula is C21H23N5OS. The third-order valence-corrected chi connectivity index (χ3v) is 5.73. The van der Waals surface area contributed by atoms with Crippen LogP contribution in [0.3, 0.4) is 0 Å². The van der Waals surface area contributed by atoms with Crippen LogP contribution < -0.4 is 10.2 Å². The van der Waals surface area contributed by atoms with Crippen LogP contribution in [0.25, 0.3) is 0 Å². The largest absolute Gasteiger partial charge is 0.354 e. The van der Waals surface area contributed by atoms with Crippen molar-refractivity contribution in [2.45, 2.75) is 38.1 Å². The summed E-state index contributed by atoms with van der Waals surface area (Å²) in [6, 6.07) is 14.9. The van der Waals surface area contributed by atoms with Gasteiger partial charge in [0.2, 0.25) is 5.13 Å². The lowest BCUT2D eigenvalue weighted by molar-refractivity contribution is 0.102. The van der Waals surface area contributed by atoms with E-state index in [1.54, 1.807) is 11.7 Å². The second kappa shape index (κ2) is 8.93. The van der Waals surface area contributed by atoms with Crippen LogP contribution in [0.1, 0.15) is 41.6 Å². The first-order chi connectivity index (χ1) is 13.8. The highest BCUT2D eigenvalue weighted by Gasteiger charge is 2.23. The van der Waals surface area contributed by atoms with Gasteiger partial charge in [0.15, 0.2) is 0 Å². The molecule has 6 nitrogen and oxygen atoms in total. The SMILES string of the molecule is O=C(Nc1nncs1)c1ccc(N2CCCCC2CCc2ccccc2)nc1. The van der Waals surface area contributed by atoms with Gasteiger partial charge in [-0.2, -0.15) is 0 Å². The number of anilines is 2. The highest BCUT2D eigenvalue weighted by Crippen LogP contribution is 2.26. The van der Waals surface area contributed by atoms with Gasteiger partial charge in [-0.1, -0.05) is 41.7 Å². The van der Waals surface area contributed by atoms with Gasteiger partial charge in [-0.25, -0.2) is 4.98 Å². The average Bonchev–Trinajstić information content (AvgIpc) is 3.26. The number of carbonyl (C=O) groups excluding carboxylic acids is 1. The molecule has 0 bridgehead atoms. The van der Waals surface area contributed by atoms with Crippen molar-refractivity contribution in [3.63, 3.8) is 0 Å². The molecule has 1 N–H and O–H groups in total. The molecule has 1 amide bonds. The maximum atomic E-state index is 12.3. The maximum Gasteiger partial charge on any atom is 0.259 e. The Morgan fingerprint density at radius 1 is 1.18 bits per heavy atom. The number of amides is 1. The zero-order valence-corrected chi connectivity index (χ0v) is 16.4. The van der Waals surface area contributed by atoms with E-state index in [9.17, 15) is 4.79 Å². The van der Waals surface area contributed by atoms with Crippen molar-refractivity contribution in [2.75, 3.05) is 16.8 Å². The minimum atomic E-state index is -0.213. The molecule has 0 spiro atoms. The number of aromatic nitrogens is 3. The van der Waals surface area contributed by atoms with Crippen LogP contribution in [-0.4, -0.2) is 33.7 Å². The quantitative estimate of drug-likeness (QED) is 0.680. The number of hydrogen-bond donors (Lipinski definition) is 1. The Labute approximate surface area is 168 Å². The third-order valence-electron chi connectivity index (χ3n) is 5.12. The van der Waals surface area contributed by atoms with Gasteiger partial charge < -0.3 is 4.90 Å². The van der Waals surface area contributed by atoms with E-state index in [4.69, 9.17) is 0 Å². The van der Waals surface area contributed by atoms with Crippen LogP contribution in [0.5, 0.6) is 0 Å². The van der Waals surface area contributed by atoms with Gasteiger partial charge in [0, 0.05) is 18.8 Å². The molecule has 1 atom stereocenters. The summed E-state index contributed by atoms with van der Waals surface area (Å²) in [6.45, 7) is 1.02. The molecule has 0 radical (unpaired) electrons. The van der Waals surface area contributed by atoms with Gasteiger partial charge in [-0.05, 0) is 49.8 Å². The fourth-order valence-corrected chi connectivity index (χ4v) is 4.11. The number of pyridine rings is 1. The average molecular weight is 394 g/mol. The Morgan fingerprint density at radius 2 is 2.07 bits per heavy atom. The lowest BCUT2D eigenvalue weighted by Gasteiger charge is -2.37. The summed E-state index contributed by atoms with van der Waals surface area (Å²) in [4.78, 5) is 19.3. The first-order valence-corrected chi connectivity index (χ1v) is 10.5. The molecule has 1 saturated heterocycles. The number of hydrogen-bond acceptors (Lipinski definition) is 6. The third kappa shape index (κ3) is 4.54. The number of nitrogens with zero attached hydrogens (tertiary/aromatic N) is 4. The highest BCUT2D eigenvalue weighted by atomic mass is 32.1. The molecule has 1 aliphatic rings. The molecule has 1 aliphatic heterocycles. The zero-order valence-electron chi connectivity index (χ0n) is 15.6. The second-order valence-electron chi connectivity index (χ2n) is 6.97. The minimum absolute atomic E-state index is 0.213. The maximum absolute atomic E-state index is 12.3. The number of aryl methyl sites for hydroxylation is 1. The molecule has 1 unspecified atom stereocenters. The first-order valence-electron chi connectivity index (χ1n) is 9.64. The predicted octanol–water partition coefficient (Wildman–Crippen LogP) is 4.18. The van der Waals surface area contributed by atoms with E-state index in [0.717, 1.165) is 25.2 Å². The summed E-state index contributed by atoms with van der Waals surface area (Å²) in [5.74, 6) is 0.736. The summed E-state index contributed by atoms with van der Waals surface area (Å²) < 4.78 is 0. The van der Waals surface area contributed by atoms with Gasteiger partial charge in [0.1, 0.15) is 11.3 Å². The van der Waals surface area contributed by atoms with E-state index in [1.165, 1.54) is 36.2 Å². The summed E-state index contributed by atoms with van der Waals surface area (Å²) in [7, 11) is 0. The Bertz CT molecular complexity index is 883. The topological polar surface area (TPSA) is 71.0 Å². The number of benzene rings is 1. The van der Waals surface area contributed by atoms with Crippen molar-refractivity contribution < 1.29 is 4.79 Å². The van der Waals surface area contributed by atoms with Crippen molar-refractivity contribution in [2.24, 2.45) is 0 Å². The first kappa shape index (κ1) is 18.6. The monoisotopic (exact) mass is 393 g/mol. The van der Waals surface area contributed by atoms with Gasteiger partial charge in [0.25, 0.3) is 5.91 Å². The van der Waals surface area contributed by atoms with Crippen molar-refractivity contribution >= 4 is 28.2 Å². The number of carbonyl (C=O) groups is 1. The van der Waals surface area contributed by atoms with Crippen LogP contribution in [0.15, 0.2) is 54.2 Å². The molecule has 4 rings (SSSR count). The summed E-state index contributed by atoms with van der Waals surface area (Å²) in [6.07, 6.45) is 7.47. The highest BCUT2D eigenvalue weighted by molar-refractivity contribution is 7.13.